The second kappa shape index (κ2) is 6.13. The molecule has 2 aromatic rings. The van der Waals surface area contributed by atoms with Crippen molar-refractivity contribution in [3.8, 4) is 5.75 Å². The third kappa shape index (κ3) is 2.92. The van der Waals surface area contributed by atoms with Gasteiger partial charge in [0.05, 0.1) is 12.8 Å². The normalized spacial score (nSPS) is 16.0. The van der Waals surface area contributed by atoms with Crippen LogP contribution < -0.4 is 10.1 Å². The monoisotopic (exact) mass is 342 g/mol. The molecule has 124 valence electrons. The Morgan fingerprint density at radius 2 is 1.75 bits per heavy atom. The lowest BCUT2D eigenvalue weighted by Gasteiger charge is -2.12. The van der Waals surface area contributed by atoms with Gasteiger partial charge < -0.3 is 10.1 Å². The molecule has 0 aliphatic carbocycles. The van der Waals surface area contributed by atoms with Crippen molar-refractivity contribution in [2.24, 2.45) is 4.40 Å². The number of hydrogen-bond donors (Lipinski definition) is 1. The third-order valence-corrected chi connectivity index (χ3v) is 5.29. The first-order valence-corrected chi connectivity index (χ1v) is 8.89. The lowest BCUT2D eigenvalue weighted by atomic mass is 10.1. The molecule has 1 heterocycles. The van der Waals surface area contributed by atoms with Gasteiger partial charge in [0, 0.05) is 5.57 Å². The summed E-state index contributed by atoms with van der Waals surface area (Å²) in [6.45, 7) is 3.71. The number of hydrogen-bond acceptors (Lipinski definition) is 4. The molecule has 1 aliphatic heterocycles. The third-order valence-electron chi connectivity index (χ3n) is 3.81. The minimum atomic E-state index is -3.72. The Bertz CT molecular complexity index is 945. The van der Waals surface area contributed by atoms with Gasteiger partial charge in [-0.1, -0.05) is 36.4 Å². The largest absolute Gasteiger partial charge is 0.495 e. The van der Waals surface area contributed by atoms with Crippen molar-refractivity contribution in [2.45, 2.75) is 13.8 Å². The number of sulfonamides is 1. The number of nitrogens with one attached hydrogen (secondary N) is 1. The second-order valence-electron chi connectivity index (χ2n) is 5.56. The number of rotatable bonds is 3. The van der Waals surface area contributed by atoms with E-state index in [0.29, 0.717) is 28.4 Å². The highest BCUT2D eigenvalue weighted by atomic mass is 32.2. The molecule has 1 aliphatic rings. The van der Waals surface area contributed by atoms with Gasteiger partial charge in [-0.3, -0.25) is 0 Å². The van der Waals surface area contributed by atoms with Crippen molar-refractivity contribution in [3.05, 3.63) is 65.2 Å². The number of ether oxygens (including phenoxy) is 1. The lowest BCUT2D eigenvalue weighted by molar-refractivity contribution is 0.417. The van der Waals surface area contributed by atoms with Gasteiger partial charge >= 0.3 is 0 Å². The maximum absolute atomic E-state index is 12.5. The molecule has 0 amide bonds. The molecule has 0 aromatic heterocycles. The van der Waals surface area contributed by atoms with Crippen molar-refractivity contribution in [1.82, 2.24) is 0 Å². The number of amidine groups is 1. The Balaban J connectivity index is 2.05. The Hall–Kier alpha value is -2.60. The van der Waals surface area contributed by atoms with E-state index in [0.717, 1.165) is 5.56 Å². The Morgan fingerprint density at radius 3 is 2.42 bits per heavy atom. The van der Waals surface area contributed by atoms with Crippen LogP contribution in [0.4, 0.5) is 5.69 Å². The Labute approximate surface area is 141 Å². The van der Waals surface area contributed by atoms with Crippen molar-refractivity contribution in [2.75, 3.05) is 12.4 Å². The summed E-state index contributed by atoms with van der Waals surface area (Å²) in [4.78, 5) is 0.234. The zero-order chi connectivity index (χ0) is 17.3. The lowest BCUT2D eigenvalue weighted by Crippen LogP contribution is -2.12. The summed E-state index contributed by atoms with van der Waals surface area (Å²) in [5, 5.41) is 3.09. The topological polar surface area (TPSA) is 67.8 Å². The van der Waals surface area contributed by atoms with Crippen LogP contribution in [0.5, 0.6) is 5.75 Å². The molecule has 0 saturated heterocycles. The van der Waals surface area contributed by atoms with Crippen LogP contribution in [-0.4, -0.2) is 21.4 Å². The summed E-state index contributed by atoms with van der Waals surface area (Å²) in [6.07, 6.45) is 0. The molecule has 24 heavy (non-hydrogen) atoms. The van der Waals surface area contributed by atoms with E-state index in [-0.39, 0.29) is 4.91 Å². The fourth-order valence-electron chi connectivity index (χ4n) is 2.65. The second-order valence-corrected chi connectivity index (χ2v) is 7.10. The standard InChI is InChI=1S/C18H18N2O3S/c1-12-9-10-16(23-3)15(11-12)19-18-13(2)17(24(21,22)20-18)14-7-5-4-6-8-14/h4-11H,1-3H3,(H,19,20). The van der Waals surface area contributed by atoms with Gasteiger partial charge in [-0.25, -0.2) is 0 Å². The van der Waals surface area contributed by atoms with Crippen molar-refractivity contribution in [3.63, 3.8) is 0 Å². The highest BCUT2D eigenvalue weighted by Crippen LogP contribution is 2.34. The van der Waals surface area contributed by atoms with Crippen LogP contribution in [0.2, 0.25) is 0 Å². The molecule has 0 unspecified atom stereocenters. The molecule has 0 saturated carbocycles. The van der Waals surface area contributed by atoms with Gasteiger partial charge in [0.1, 0.15) is 16.5 Å². The maximum atomic E-state index is 12.5. The summed E-state index contributed by atoms with van der Waals surface area (Å²) in [6, 6.07) is 14.6. The smallest absolute Gasteiger partial charge is 0.285 e. The predicted molar refractivity (Wildman–Crippen MR) is 96.7 cm³/mol. The molecule has 0 bridgehead atoms. The molecule has 5 nitrogen and oxygen atoms in total. The van der Waals surface area contributed by atoms with Gasteiger partial charge in [-0.05, 0) is 37.1 Å². The van der Waals surface area contributed by atoms with Crippen LogP contribution in [0.1, 0.15) is 18.1 Å². The quantitative estimate of drug-likeness (QED) is 0.925. The van der Waals surface area contributed by atoms with Crippen molar-refractivity contribution in [1.29, 1.82) is 0 Å². The SMILES string of the molecule is COc1ccc(C)cc1NC1=NS(=O)(=O)C(c2ccccc2)=C1C. The number of anilines is 1. The summed E-state index contributed by atoms with van der Waals surface area (Å²) < 4.78 is 34.2. The van der Waals surface area contributed by atoms with E-state index in [1.165, 1.54) is 0 Å². The van der Waals surface area contributed by atoms with E-state index in [1.54, 1.807) is 38.3 Å². The molecule has 3 rings (SSSR count). The van der Waals surface area contributed by atoms with Crippen LogP contribution in [0, 0.1) is 6.92 Å². The highest BCUT2D eigenvalue weighted by Gasteiger charge is 2.31. The van der Waals surface area contributed by atoms with Gasteiger partial charge in [0.15, 0.2) is 0 Å². The minimum absolute atomic E-state index is 0.234. The van der Waals surface area contributed by atoms with Crippen LogP contribution in [0.3, 0.4) is 0 Å². The van der Waals surface area contributed by atoms with E-state index in [9.17, 15) is 8.42 Å². The number of nitrogens with zero attached hydrogens (tertiary/aromatic N) is 1. The average molecular weight is 342 g/mol. The zero-order valence-electron chi connectivity index (χ0n) is 13.7. The van der Waals surface area contributed by atoms with E-state index in [1.807, 2.05) is 31.2 Å². The van der Waals surface area contributed by atoms with Crippen LogP contribution >= 0.6 is 0 Å². The van der Waals surface area contributed by atoms with Gasteiger partial charge in [-0.15, -0.1) is 4.40 Å². The molecule has 0 radical (unpaired) electrons. The van der Waals surface area contributed by atoms with E-state index < -0.39 is 10.0 Å². The average Bonchev–Trinajstić information content (AvgIpc) is 2.77. The summed E-state index contributed by atoms with van der Waals surface area (Å²) in [5.74, 6) is 0.944. The maximum Gasteiger partial charge on any atom is 0.285 e. The molecular weight excluding hydrogens is 324 g/mol. The van der Waals surface area contributed by atoms with Crippen LogP contribution in [-0.2, 0) is 10.0 Å². The molecule has 0 atom stereocenters. The van der Waals surface area contributed by atoms with Crippen LogP contribution in [0.25, 0.3) is 4.91 Å². The fourth-order valence-corrected chi connectivity index (χ4v) is 4.09. The van der Waals surface area contributed by atoms with Gasteiger partial charge in [0.25, 0.3) is 10.0 Å². The number of aryl methyl sites for hydroxylation is 1. The first-order chi connectivity index (χ1) is 11.4. The fraction of sp³-hybridized carbons (Fsp3) is 0.167. The van der Waals surface area contributed by atoms with Gasteiger partial charge in [0.2, 0.25) is 0 Å². The summed E-state index contributed by atoms with van der Waals surface area (Å²) in [5.41, 5.74) is 2.93. The minimum Gasteiger partial charge on any atom is -0.495 e. The molecule has 6 heteroatoms. The molecular formula is C18H18N2O3S. The molecule has 0 spiro atoms. The first kappa shape index (κ1) is 16.3. The van der Waals surface area contributed by atoms with Crippen molar-refractivity contribution < 1.29 is 13.2 Å². The Kier molecular flexibility index (Phi) is 4.15. The van der Waals surface area contributed by atoms with E-state index in [2.05, 4.69) is 9.71 Å². The highest BCUT2D eigenvalue weighted by molar-refractivity contribution is 8.00. The zero-order valence-corrected chi connectivity index (χ0v) is 14.5. The van der Waals surface area contributed by atoms with Crippen LogP contribution in [0.15, 0.2) is 58.5 Å². The Morgan fingerprint density at radius 1 is 1.04 bits per heavy atom. The molecule has 1 N–H and O–H groups in total. The molecule has 2 aromatic carbocycles. The van der Waals surface area contributed by atoms with Gasteiger partial charge in [-0.2, -0.15) is 8.42 Å². The van der Waals surface area contributed by atoms with E-state index in [4.69, 9.17) is 4.74 Å². The number of methoxy groups -OCH3 is 1. The van der Waals surface area contributed by atoms with E-state index >= 15 is 0 Å². The summed E-state index contributed by atoms with van der Waals surface area (Å²) in [7, 11) is -2.15. The molecule has 0 fully saturated rings. The predicted octanol–water partition coefficient (Wildman–Crippen LogP) is 3.59. The van der Waals surface area contributed by atoms with Crippen molar-refractivity contribution >= 4 is 26.5 Å². The summed E-state index contributed by atoms with van der Waals surface area (Å²) >= 11 is 0. The number of benzene rings is 2. The first-order valence-electron chi connectivity index (χ1n) is 7.45.